The van der Waals surface area contributed by atoms with Crippen LogP contribution in [0.25, 0.3) is 11.2 Å². The van der Waals surface area contributed by atoms with Crippen LogP contribution in [0.4, 0.5) is 5.82 Å². The molecule has 12 nitrogen and oxygen atoms in total. The molecule has 0 saturated carbocycles. The maximum absolute atomic E-state index is 12.6. The van der Waals surface area contributed by atoms with Gasteiger partial charge >= 0.3 is 5.97 Å². The van der Waals surface area contributed by atoms with E-state index in [4.69, 9.17) is 24.7 Å². The third-order valence-electron chi connectivity index (χ3n) is 5.14. The number of fused-ring (bicyclic) bond motifs is 1. The lowest BCUT2D eigenvalue weighted by molar-refractivity contribution is -0.168. The Labute approximate surface area is 196 Å². The molecule has 0 aromatic carbocycles. The molecule has 2 aromatic rings. The van der Waals surface area contributed by atoms with E-state index in [0.717, 1.165) is 0 Å². The van der Waals surface area contributed by atoms with E-state index in [-0.39, 0.29) is 12.4 Å². The number of carbonyl (C=O) groups excluding carboxylic acids is 1. The molecular weight excluding hydrogens is 454 g/mol. The quantitative estimate of drug-likeness (QED) is 0.219. The number of aliphatic hydroxyl groups is 2. The van der Waals surface area contributed by atoms with E-state index in [1.54, 1.807) is 32.4 Å². The highest BCUT2D eigenvalue weighted by molar-refractivity contribution is 7.80. The highest BCUT2D eigenvalue weighted by Crippen LogP contribution is 2.38. The highest BCUT2D eigenvalue weighted by atomic mass is 32.1. The molecule has 0 amide bonds. The minimum atomic E-state index is -1.29. The minimum Gasteiger partial charge on any atom is -0.454 e. The zero-order valence-corrected chi connectivity index (χ0v) is 19.9. The van der Waals surface area contributed by atoms with Crippen molar-refractivity contribution in [2.75, 3.05) is 39.3 Å². The molecule has 1 fully saturated rings. The molecule has 4 N–H and O–H groups in total. The van der Waals surface area contributed by atoms with Gasteiger partial charge in [-0.15, -0.1) is 0 Å². The van der Waals surface area contributed by atoms with E-state index in [0.29, 0.717) is 30.2 Å². The van der Waals surface area contributed by atoms with E-state index in [2.05, 4.69) is 27.6 Å². The van der Waals surface area contributed by atoms with Crippen molar-refractivity contribution in [1.82, 2.24) is 19.5 Å². The second-order valence-electron chi connectivity index (χ2n) is 8.71. The molecule has 0 spiro atoms. The fourth-order valence-corrected chi connectivity index (χ4v) is 3.63. The van der Waals surface area contributed by atoms with Gasteiger partial charge in [-0.3, -0.25) is 9.36 Å². The number of hydrogen-bond donors (Lipinski definition) is 4. The first-order chi connectivity index (χ1) is 15.6. The van der Waals surface area contributed by atoms with Gasteiger partial charge in [0.2, 0.25) is 0 Å². The number of aromatic nitrogens is 4. The number of esters is 1. The lowest BCUT2D eigenvalue weighted by atomic mass is 9.97. The summed E-state index contributed by atoms with van der Waals surface area (Å²) in [5.74, 6) is -0.0314. The van der Waals surface area contributed by atoms with E-state index < -0.39 is 47.8 Å². The van der Waals surface area contributed by atoms with E-state index in [1.165, 1.54) is 6.33 Å². The standard InChI is InChI=1S/C20H31N5O7S/c1-20(2,3)19(28)32-14-13(27)10(7-26)31-18(14)25-16(11(33)8-30-6-5-29-4)24-12-15(21)22-9-23-17(12)25/h9-11,13-14,18,26-27,33H,5-8H2,1-4H3,(H2,21,22,23)/t10-,11?,13?,14?,18-/m1/s1. The number of nitrogens with zero attached hydrogens (tertiary/aromatic N) is 4. The third kappa shape index (κ3) is 5.39. The summed E-state index contributed by atoms with van der Waals surface area (Å²) in [6.07, 6.45) is -3.20. The second kappa shape index (κ2) is 10.5. The lowest BCUT2D eigenvalue weighted by Gasteiger charge is -2.27. The summed E-state index contributed by atoms with van der Waals surface area (Å²) >= 11 is 4.63. The summed E-state index contributed by atoms with van der Waals surface area (Å²) in [6.45, 7) is 5.55. The molecule has 3 unspecified atom stereocenters. The van der Waals surface area contributed by atoms with Crippen molar-refractivity contribution in [3.8, 4) is 0 Å². The maximum atomic E-state index is 12.6. The summed E-state index contributed by atoms with van der Waals surface area (Å²) in [4.78, 5) is 25.5. The van der Waals surface area contributed by atoms with Crippen molar-refractivity contribution in [1.29, 1.82) is 0 Å². The van der Waals surface area contributed by atoms with Crippen molar-refractivity contribution in [2.24, 2.45) is 5.41 Å². The third-order valence-corrected chi connectivity index (χ3v) is 5.52. The molecule has 3 rings (SSSR count). The number of thiol groups is 1. The van der Waals surface area contributed by atoms with Gasteiger partial charge in [0.1, 0.15) is 24.4 Å². The first-order valence-corrected chi connectivity index (χ1v) is 11.0. The van der Waals surface area contributed by atoms with Crippen LogP contribution in [0.5, 0.6) is 0 Å². The smallest absolute Gasteiger partial charge is 0.311 e. The first kappa shape index (κ1) is 25.6. The second-order valence-corrected chi connectivity index (χ2v) is 9.34. The van der Waals surface area contributed by atoms with Crippen molar-refractivity contribution in [3.63, 3.8) is 0 Å². The van der Waals surface area contributed by atoms with Gasteiger partial charge in [0.25, 0.3) is 0 Å². The number of rotatable bonds is 9. The number of nitrogen functional groups attached to an aromatic ring is 1. The van der Waals surface area contributed by atoms with Crippen molar-refractivity contribution in [3.05, 3.63) is 12.2 Å². The number of methoxy groups -OCH3 is 1. The topological polar surface area (TPSA) is 164 Å². The molecule has 2 aromatic heterocycles. The zero-order chi connectivity index (χ0) is 24.3. The van der Waals surface area contributed by atoms with Gasteiger partial charge in [-0.2, -0.15) is 12.6 Å². The number of anilines is 1. The van der Waals surface area contributed by atoms with Crippen molar-refractivity contribution >= 4 is 35.6 Å². The van der Waals surface area contributed by atoms with Crippen LogP contribution in [-0.4, -0.2) is 87.6 Å². The molecule has 0 bridgehead atoms. The molecule has 0 radical (unpaired) electrons. The fraction of sp³-hybridized carbons (Fsp3) is 0.700. The van der Waals surface area contributed by atoms with Gasteiger partial charge in [0, 0.05) is 7.11 Å². The Bertz CT molecular complexity index is 966. The molecule has 1 aliphatic heterocycles. The van der Waals surface area contributed by atoms with Crippen LogP contribution in [0, 0.1) is 5.41 Å². The maximum Gasteiger partial charge on any atom is 0.311 e. The Morgan fingerprint density at radius 3 is 2.73 bits per heavy atom. The molecule has 184 valence electrons. The number of imidazole rings is 1. The Morgan fingerprint density at radius 2 is 2.09 bits per heavy atom. The largest absolute Gasteiger partial charge is 0.454 e. The SMILES string of the molecule is COCCOCC(S)c1nc2c(N)ncnc2n1[C@@H]1O[C@H](CO)C(O)C1OC(=O)C(C)(C)C. The first-order valence-electron chi connectivity index (χ1n) is 10.5. The number of ether oxygens (including phenoxy) is 4. The summed E-state index contributed by atoms with van der Waals surface area (Å²) in [6, 6.07) is 0. The van der Waals surface area contributed by atoms with Crippen LogP contribution in [0.1, 0.15) is 38.1 Å². The number of carbonyl (C=O) groups is 1. The van der Waals surface area contributed by atoms with Gasteiger partial charge in [-0.1, -0.05) is 0 Å². The van der Waals surface area contributed by atoms with Crippen LogP contribution >= 0.6 is 12.6 Å². The van der Waals surface area contributed by atoms with Crippen LogP contribution < -0.4 is 5.73 Å². The van der Waals surface area contributed by atoms with Crippen molar-refractivity contribution in [2.45, 2.75) is 50.6 Å². The lowest BCUT2D eigenvalue weighted by Crippen LogP contribution is -2.40. The van der Waals surface area contributed by atoms with E-state index in [9.17, 15) is 15.0 Å². The Kier molecular flexibility index (Phi) is 8.13. The van der Waals surface area contributed by atoms with Crippen LogP contribution in [0.3, 0.4) is 0 Å². The van der Waals surface area contributed by atoms with E-state index in [1.807, 2.05) is 0 Å². The van der Waals surface area contributed by atoms with Crippen LogP contribution in [-0.2, 0) is 23.7 Å². The molecule has 1 aliphatic rings. The summed E-state index contributed by atoms with van der Waals surface area (Å²) in [7, 11) is 1.57. The van der Waals surface area contributed by atoms with Gasteiger partial charge in [0.15, 0.2) is 29.3 Å². The molecule has 3 heterocycles. The Hall–Kier alpha value is -2.03. The van der Waals surface area contributed by atoms with Gasteiger partial charge in [-0.25, -0.2) is 15.0 Å². The normalized spacial score (nSPS) is 24.3. The molecule has 0 aliphatic carbocycles. The summed E-state index contributed by atoms with van der Waals surface area (Å²) < 4.78 is 23.7. The van der Waals surface area contributed by atoms with Gasteiger partial charge < -0.3 is 34.9 Å². The minimum absolute atomic E-state index is 0.140. The van der Waals surface area contributed by atoms with Gasteiger partial charge in [-0.05, 0) is 20.8 Å². The summed E-state index contributed by atoms with van der Waals surface area (Å²) in [5, 5.41) is 19.9. The molecule has 5 atom stereocenters. The number of nitrogens with two attached hydrogens (primary N) is 1. The molecule has 13 heteroatoms. The fourth-order valence-electron chi connectivity index (χ4n) is 3.35. The monoisotopic (exact) mass is 485 g/mol. The number of aliphatic hydroxyl groups excluding tert-OH is 2. The predicted molar refractivity (Wildman–Crippen MR) is 120 cm³/mol. The average molecular weight is 486 g/mol. The highest BCUT2D eigenvalue weighted by Gasteiger charge is 2.49. The Balaban J connectivity index is 2.04. The Morgan fingerprint density at radius 1 is 1.36 bits per heavy atom. The summed E-state index contributed by atoms with van der Waals surface area (Å²) in [5.41, 5.74) is 5.80. The predicted octanol–water partition coefficient (Wildman–Crippen LogP) is 0.251. The average Bonchev–Trinajstić information content (AvgIpc) is 3.29. The molecule has 33 heavy (non-hydrogen) atoms. The molecule has 1 saturated heterocycles. The van der Waals surface area contributed by atoms with Gasteiger partial charge in [0.05, 0.1) is 37.1 Å². The van der Waals surface area contributed by atoms with Crippen LogP contribution in [0.15, 0.2) is 6.33 Å². The van der Waals surface area contributed by atoms with Crippen molar-refractivity contribution < 1.29 is 34.0 Å². The van der Waals surface area contributed by atoms with E-state index >= 15 is 0 Å². The number of hydrogen-bond acceptors (Lipinski definition) is 12. The van der Waals surface area contributed by atoms with Crippen LogP contribution in [0.2, 0.25) is 0 Å². The molecular formula is C20H31N5O7S. The zero-order valence-electron chi connectivity index (χ0n) is 19.0.